The Morgan fingerprint density at radius 3 is 2.31 bits per heavy atom. The first kappa shape index (κ1) is 31.8. The fourth-order valence-corrected chi connectivity index (χ4v) is 7.65. The van der Waals surface area contributed by atoms with Gasteiger partial charge in [-0.05, 0) is 76.5 Å². The Morgan fingerprint density at radius 1 is 0.959 bits per heavy atom. The summed E-state index contributed by atoms with van der Waals surface area (Å²) in [6.45, 7) is 2.23. The largest absolute Gasteiger partial charge is 0.334 e. The number of benzene rings is 4. The summed E-state index contributed by atoms with van der Waals surface area (Å²) in [5, 5.41) is 34.2. The number of hydrogen-bond acceptors (Lipinski definition) is 6. The average molecular weight is 670 g/mol. The summed E-state index contributed by atoms with van der Waals surface area (Å²) in [7, 11) is 1.64. The molecule has 3 N–H and O–H groups in total. The number of nitrogens with zero attached hydrogens (tertiary/aromatic N) is 4. The Balaban J connectivity index is 1.27. The highest BCUT2D eigenvalue weighted by atomic mass is 32.1. The predicted octanol–water partition coefficient (Wildman–Crippen LogP) is 6.77. The summed E-state index contributed by atoms with van der Waals surface area (Å²) in [6, 6.07) is 34.5. The summed E-state index contributed by atoms with van der Waals surface area (Å²) in [5.74, 6) is -0.664. The van der Waals surface area contributed by atoms with Crippen LogP contribution in [0.2, 0.25) is 0 Å². The highest BCUT2D eigenvalue weighted by molar-refractivity contribution is 7.10. The van der Waals surface area contributed by atoms with Gasteiger partial charge in [0, 0.05) is 17.6 Å². The van der Waals surface area contributed by atoms with Crippen LogP contribution in [0.25, 0.3) is 11.1 Å². The van der Waals surface area contributed by atoms with Gasteiger partial charge in [-0.3, -0.25) is 30.3 Å². The maximum atomic E-state index is 14.5. The summed E-state index contributed by atoms with van der Waals surface area (Å²) in [6.07, 6.45) is 0. The number of nitriles is 1. The van der Waals surface area contributed by atoms with E-state index in [1.165, 1.54) is 33.4 Å². The lowest BCUT2D eigenvalue weighted by Gasteiger charge is -2.48. The molecule has 0 saturated carbocycles. The van der Waals surface area contributed by atoms with Gasteiger partial charge in [0.2, 0.25) is 5.96 Å². The van der Waals surface area contributed by atoms with Crippen molar-refractivity contribution >= 4 is 34.9 Å². The second-order valence-electron chi connectivity index (χ2n) is 12.2. The minimum Gasteiger partial charge on any atom is -0.334 e. The van der Waals surface area contributed by atoms with E-state index >= 15 is 0 Å². The van der Waals surface area contributed by atoms with E-state index in [4.69, 9.17) is 15.7 Å². The molecule has 5 aromatic rings. The van der Waals surface area contributed by atoms with Gasteiger partial charge in [-0.25, -0.2) is 9.45 Å². The Bertz CT molecular complexity index is 2090. The minimum atomic E-state index is -1.28. The fraction of sp³-hybridized carbons (Fsp3) is 0.158. The van der Waals surface area contributed by atoms with Crippen molar-refractivity contribution in [1.82, 2.24) is 15.3 Å². The molecule has 2 aliphatic heterocycles. The second-order valence-corrected chi connectivity index (χ2v) is 13.1. The smallest absolute Gasteiger partial charge is 0.264 e. The van der Waals surface area contributed by atoms with E-state index in [2.05, 4.69) is 11.4 Å². The van der Waals surface area contributed by atoms with Crippen LogP contribution in [0, 0.1) is 28.0 Å². The number of halogens is 1. The first-order chi connectivity index (χ1) is 23.7. The molecule has 1 unspecified atom stereocenters. The average Bonchev–Trinajstić information content (AvgIpc) is 3.72. The molecular weight excluding hydrogens is 638 g/mol. The quantitative estimate of drug-likeness (QED) is 0.176. The number of anilines is 1. The van der Waals surface area contributed by atoms with E-state index < -0.39 is 16.9 Å². The SMILES string of the molecule is CN1OCC(C)(c2cc(-c3cc(C#N)ccc3CN3C(=N)NC(c4ccccc4)(c4ccccc4)C3=O)cs2)N(c2cccc(F)c2)C1=N. The van der Waals surface area contributed by atoms with E-state index in [1.54, 1.807) is 36.2 Å². The van der Waals surface area contributed by atoms with Gasteiger partial charge >= 0.3 is 0 Å². The van der Waals surface area contributed by atoms with Crippen molar-refractivity contribution in [1.29, 1.82) is 16.1 Å². The lowest BCUT2D eigenvalue weighted by atomic mass is 9.82. The molecule has 4 aromatic carbocycles. The Morgan fingerprint density at radius 2 is 1.65 bits per heavy atom. The maximum absolute atomic E-state index is 14.5. The third kappa shape index (κ3) is 5.31. The van der Waals surface area contributed by atoms with Crippen molar-refractivity contribution in [3.05, 3.63) is 148 Å². The number of nitrogens with one attached hydrogen (secondary N) is 3. The van der Waals surface area contributed by atoms with Crippen LogP contribution in [-0.2, 0) is 27.3 Å². The van der Waals surface area contributed by atoms with E-state index in [-0.39, 0.29) is 31.0 Å². The number of hydroxylamine groups is 2. The van der Waals surface area contributed by atoms with Crippen LogP contribution in [0.1, 0.15) is 34.1 Å². The first-order valence-corrected chi connectivity index (χ1v) is 16.5. The van der Waals surface area contributed by atoms with E-state index in [1.807, 2.05) is 85.1 Å². The van der Waals surface area contributed by atoms with Gasteiger partial charge in [-0.1, -0.05) is 72.8 Å². The zero-order valence-corrected chi connectivity index (χ0v) is 27.6. The number of rotatable bonds is 7. The van der Waals surface area contributed by atoms with Gasteiger partial charge in [0.25, 0.3) is 5.91 Å². The van der Waals surface area contributed by atoms with Crippen molar-refractivity contribution in [3.8, 4) is 17.2 Å². The zero-order valence-electron chi connectivity index (χ0n) is 26.8. The monoisotopic (exact) mass is 669 g/mol. The molecule has 1 amide bonds. The third-order valence-corrected chi connectivity index (χ3v) is 10.4. The summed E-state index contributed by atoms with van der Waals surface area (Å²) in [5.41, 5.74) is 2.57. The van der Waals surface area contributed by atoms with Crippen molar-refractivity contribution in [2.24, 2.45) is 0 Å². The topological polar surface area (TPSA) is 120 Å². The summed E-state index contributed by atoms with van der Waals surface area (Å²) in [4.78, 5) is 24.5. The highest BCUT2D eigenvalue weighted by Crippen LogP contribution is 2.43. The number of thiophene rings is 1. The molecule has 0 radical (unpaired) electrons. The molecule has 7 rings (SSSR count). The van der Waals surface area contributed by atoms with Gasteiger partial charge in [-0.2, -0.15) is 5.26 Å². The summed E-state index contributed by atoms with van der Waals surface area (Å²) < 4.78 is 14.4. The van der Waals surface area contributed by atoms with Gasteiger partial charge in [0.15, 0.2) is 11.5 Å². The van der Waals surface area contributed by atoms with Gasteiger partial charge in [0.05, 0.1) is 18.2 Å². The molecule has 2 saturated heterocycles. The minimum absolute atomic E-state index is 0.0285. The molecule has 0 aliphatic carbocycles. The molecule has 3 heterocycles. The Hall–Kier alpha value is -5.83. The summed E-state index contributed by atoms with van der Waals surface area (Å²) >= 11 is 1.47. The van der Waals surface area contributed by atoms with Crippen molar-refractivity contribution in [3.63, 3.8) is 0 Å². The van der Waals surface area contributed by atoms with Crippen LogP contribution < -0.4 is 10.2 Å². The van der Waals surface area contributed by atoms with E-state index in [0.29, 0.717) is 11.3 Å². The van der Waals surface area contributed by atoms with Crippen molar-refractivity contribution in [2.45, 2.75) is 24.5 Å². The van der Waals surface area contributed by atoms with Gasteiger partial charge in [0.1, 0.15) is 18.0 Å². The molecule has 1 aromatic heterocycles. The zero-order chi connectivity index (χ0) is 34.3. The van der Waals surface area contributed by atoms with E-state index in [9.17, 15) is 14.4 Å². The molecule has 2 aliphatic rings. The van der Waals surface area contributed by atoms with Crippen LogP contribution in [0.4, 0.5) is 10.1 Å². The highest BCUT2D eigenvalue weighted by Gasteiger charge is 2.52. The maximum Gasteiger partial charge on any atom is 0.264 e. The van der Waals surface area contributed by atoms with Crippen LogP contribution >= 0.6 is 11.3 Å². The van der Waals surface area contributed by atoms with E-state index in [0.717, 1.165) is 32.7 Å². The van der Waals surface area contributed by atoms with Gasteiger partial charge < -0.3 is 5.32 Å². The van der Waals surface area contributed by atoms with Crippen molar-refractivity contribution < 1.29 is 14.0 Å². The Kier molecular flexibility index (Phi) is 7.98. The molecule has 49 heavy (non-hydrogen) atoms. The molecule has 9 nitrogen and oxygen atoms in total. The normalized spacial score (nSPS) is 18.8. The Labute approximate surface area is 287 Å². The van der Waals surface area contributed by atoms with Crippen LogP contribution in [-0.4, -0.2) is 41.4 Å². The number of carbonyl (C=O) groups is 1. The standard InChI is InChI=1S/C38H32FN7O2S/c1-37(24-48-44(2)36(42)46(37)31-15-9-14-30(39)20-31)33-19-27(23-49-33)32-18-25(21-40)16-17-26(32)22-45-34(47)38(43-35(45)41,28-10-5-3-6-11-28)29-12-7-4-8-13-29/h3-20,23,42H,22,24H2,1-2H3,(H2,41,43). The number of amides is 1. The molecule has 244 valence electrons. The number of carbonyl (C=O) groups excluding carboxylic acids is 1. The van der Waals surface area contributed by atoms with Crippen LogP contribution in [0.15, 0.2) is 115 Å². The first-order valence-electron chi connectivity index (χ1n) is 15.6. The molecule has 1 atom stereocenters. The third-order valence-electron chi connectivity index (χ3n) is 9.17. The predicted molar refractivity (Wildman–Crippen MR) is 187 cm³/mol. The van der Waals surface area contributed by atoms with Gasteiger partial charge in [-0.15, -0.1) is 11.3 Å². The van der Waals surface area contributed by atoms with Crippen molar-refractivity contribution in [2.75, 3.05) is 18.6 Å². The van der Waals surface area contributed by atoms with Crippen LogP contribution in [0.5, 0.6) is 0 Å². The van der Waals surface area contributed by atoms with Crippen LogP contribution in [0.3, 0.4) is 0 Å². The molecular formula is C38H32FN7O2S. The number of hydrogen-bond donors (Lipinski definition) is 3. The fourth-order valence-electron chi connectivity index (χ4n) is 6.60. The lowest BCUT2D eigenvalue weighted by molar-refractivity contribution is -0.130. The molecule has 0 bridgehead atoms. The molecule has 0 spiro atoms. The second kappa shape index (κ2) is 12.3. The lowest BCUT2D eigenvalue weighted by Crippen LogP contribution is -2.60. The molecule has 11 heteroatoms. The number of guanidine groups is 2. The molecule has 2 fully saturated rings.